The maximum absolute atomic E-state index is 14.0. The topological polar surface area (TPSA) is 63.4 Å². The third-order valence-corrected chi connectivity index (χ3v) is 6.26. The summed E-state index contributed by atoms with van der Waals surface area (Å²) in [5.41, 5.74) is 4.78. The zero-order valence-electron chi connectivity index (χ0n) is 17.3. The molecule has 6 nitrogen and oxygen atoms in total. The molecular formula is C24H23N5O. The fourth-order valence-electron chi connectivity index (χ4n) is 4.64. The lowest BCUT2D eigenvalue weighted by Gasteiger charge is -2.27. The van der Waals surface area contributed by atoms with E-state index in [0.717, 1.165) is 33.8 Å². The van der Waals surface area contributed by atoms with Crippen LogP contribution in [0.3, 0.4) is 0 Å². The number of rotatable bonds is 4. The van der Waals surface area contributed by atoms with E-state index in [2.05, 4.69) is 23.8 Å². The van der Waals surface area contributed by atoms with Crippen molar-refractivity contribution in [3.63, 3.8) is 0 Å². The second-order valence-corrected chi connectivity index (χ2v) is 7.72. The molecule has 0 aliphatic carbocycles. The lowest BCUT2D eigenvalue weighted by atomic mass is 9.77. The van der Waals surface area contributed by atoms with Crippen molar-refractivity contribution >= 4 is 22.9 Å². The molecule has 1 aliphatic heterocycles. The van der Waals surface area contributed by atoms with Gasteiger partial charge in [-0.1, -0.05) is 31.5 Å². The number of aryl methyl sites for hydroxylation is 1. The molecule has 30 heavy (non-hydrogen) atoms. The summed E-state index contributed by atoms with van der Waals surface area (Å²) in [5, 5.41) is 0. The van der Waals surface area contributed by atoms with Gasteiger partial charge in [0.1, 0.15) is 11.3 Å². The summed E-state index contributed by atoms with van der Waals surface area (Å²) in [4.78, 5) is 29.5. The summed E-state index contributed by atoms with van der Waals surface area (Å²) < 4.78 is 2.02. The molecule has 0 unspecified atom stereocenters. The number of carbonyl (C=O) groups is 1. The predicted molar refractivity (Wildman–Crippen MR) is 117 cm³/mol. The molecule has 0 saturated carbocycles. The summed E-state index contributed by atoms with van der Waals surface area (Å²) >= 11 is 0. The highest BCUT2D eigenvalue weighted by molar-refractivity contribution is 6.17. The van der Waals surface area contributed by atoms with Gasteiger partial charge < -0.3 is 0 Å². The maximum Gasteiger partial charge on any atom is 0.242 e. The van der Waals surface area contributed by atoms with Crippen LogP contribution in [0.15, 0.2) is 61.2 Å². The molecule has 0 spiro atoms. The van der Waals surface area contributed by atoms with E-state index in [1.165, 1.54) is 0 Å². The van der Waals surface area contributed by atoms with Gasteiger partial charge in [0.15, 0.2) is 5.82 Å². The van der Waals surface area contributed by atoms with Crippen molar-refractivity contribution in [2.24, 2.45) is 0 Å². The number of amides is 1. The Bertz CT molecular complexity index is 1240. The van der Waals surface area contributed by atoms with Crippen molar-refractivity contribution in [3.05, 3.63) is 72.3 Å². The molecule has 0 atom stereocenters. The van der Waals surface area contributed by atoms with Gasteiger partial charge in [-0.3, -0.25) is 14.1 Å². The van der Waals surface area contributed by atoms with Gasteiger partial charge in [0.25, 0.3) is 0 Å². The molecule has 1 aliphatic rings. The number of aromatic nitrogens is 4. The minimum absolute atomic E-state index is 0.0895. The molecule has 1 aromatic carbocycles. The van der Waals surface area contributed by atoms with Crippen LogP contribution in [0.25, 0.3) is 17.2 Å². The highest BCUT2D eigenvalue weighted by Gasteiger charge is 2.53. The fraction of sp³-hybridized carbons (Fsp3) is 0.250. The van der Waals surface area contributed by atoms with E-state index in [9.17, 15) is 4.79 Å². The smallest absolute Gasteiger partial charge is 0.242 e. The third-order valence-electron chi connectivity index (χ3n) is 6.26. The number of benzene rings is 1. The summed E-state index contributed by atoms with van der Waals surface area (Å²) in [6.07, 6.45) is 8.60. The molecular weight excluding hydrogens is 374 g/mol. The Kier molecular flexibility index (Phi) is 4.17. The standard InChI is InChI=1S/C24H23N5O/c1-4-24(5-2)18-19(29(23(24)30)17-10-8-16(3)9-11-17)20(21-25-12-6-13-26-21)28-15-7-14-27-22(18)28/h6-15H,4-5H2,1-3H3. The molecule has 0 fully saturated rings. The SMILES string of the molecule is CCC1(CC)C(=O)N(c2ccc(C)cc2)c2c1c1ncccn1c2-c1ncccn1. The van der Waals surface area contributed by atoms with Gasteiger partial charge in [-0.2, -0.15) is 0 Å². The van der Waals surface area contributed by atoms with Crippen LogP contribution >= 0.6 is 0 Å². The summed E-state index contributed by atoms with van der Waals surface area (Å²) in [5.74, 6) is 0.668. The molecule has 150 valence electrons. The van der Waals surface area contributed by atoms with E-state index in [1.807, 2.05) is 52.8 Å². The van der Waals surface area contributed by atoms with Gasteiger partial charge in [-0.25, -0.2) is 15.0 Å². The van der Waals surface area contributed by atoms with Crippen molar-refractivity contribution in [2.45, 2.75) is 39.0 Å². The Morgan fingerprint density at radius 3 is 2.27 bits per heavy atom. The van der Waals surface area contributed by atoms with E-state index >= 15 is 0 Å². The zero-order valence-corrected chi connectivity index (χ0v) is 17.3. The monoisotopic (exact) mass is 397 g/mol. The third kappa shape index (κ3) is 2.36. The van der Waals surface area contributed by atoms with Crippen LogP contribution in [0, 0.1) is 6.92 Å². The molecule has 0 N–H and O–H groups in total. The van der Waals surface area contributed by atoms with Gasteiger partial charge in [0, 0.05) is 36.0 Å². The number of hydrogen-bond donors (Lipinski definition) is 0. The molecule has 4 aromatic rings. The number of anilines is 2. The number of hydrogen-bond acceptors (Lipinski definition) is 4. The normalized spacial score (nSPS) is 15.0. The Morgan fingerprint density at radius 1 is 0.933 bits per heavy atom. The van der Waals surface area contributed by atoms with Crippen LogP contribution in [0.1, 0.15) is 37.8 Å². The summed E-state index contributed by atoms with van der Waals surface area (Å²) in [7, 11) is 0. The molecule has 5 rings (SSSR count). The first-order valence-corrected chi connectivity index (χ1v) is 10.3. The van der Waals surface area contributed by atoms with Crippen molar-refractivity contribution in [1.29, 1.82) is 0 Å². The average molecular weight is 397 g/mol. The van der Waals surface area contributed by atoms with Gasteiger partial charge >= 0.3 is 0 Å². The number of carbonyl (C=O) groups excluding carboxylic acids is 1. The van der Waals surface area contributed by atoms with Crippen LogP contribution in [0.5, 0.6) is 0 Å². The summed E-state index contributed by atoms with van der Waals surface area (Å²) in [6.45, 7) is 6.20. The molecule has 4 heterocycles. The first kappa shape index (κ1) is 18.5. The van der Waals surface area contributed by atoms with Gasteiger partial charge in [-0.05, 0) is 44.0 Å². The van der Waals surface area contributed by atoms with Crippen molar-refractivity contribution < 1.29 is 4.79 Å². The lowest BCUT2D eigenvalue weighted by Crippen LogP contribution is -2.38. The van der Waals surface area contributed by atoms with Crippen LogP contribution in [0.2, 0.25) is 0 Å². The Morgan fingerprint density at radius 2 is 1.60 bits per heavy atom. The molecule has 6 heteroatoms. The van der Waals surface area contributed by atoms with E-state index < -0.39 is 5.41 Å². The van der Waals surface area contributed by atoms with Crippen LogP contribution in [-0.2, 0) is 10.2 Å². The van der Waals surface area contributed by atoms with Crippen LogP contribution in [-0.4, -0.2) is 25.3 Å². The van der Waals surface area contributed by atoms with Crippen molar-refractivity contribution in [3.8, 4) is 11.5 Å². The molecule has 1 amide bonds. The minimum Gasteiger partial charge on any atom is -0.296 e. The molecule has 0 radical (unpaired) electrons. The van der Waals surface area contributed by atoms with Crippen molar-refractivity contribution in [2.75, 3.05) is 4.90 Å². The molecule has 3 aromatic heterocycles. The Hall–Kier alpha value is -3.54. The highest BCUT2D eigenvalue weighted by Crippen LogP contribution is 2.54. The molecule has 0 saturated heterocycles. The van der Waals surface area contributed by atoms with E-state index in [1.54, 1.807) is 24.7 Å². The summed E-state index contributed by atoms with van der Waals surface area (Å²) in [6, 6.07) is 11.8. The molecule has 0 bridgehead atoms. The quantitative estimate of drug-likeness (QED) is 0.494. The minimum atomic E-state index is -0.632. The fourth-order valence-corrected chi connectivity index (χ4v) is 4.64. The Balaban J connectivity index is 1.92. The van der Waals surface area contributed by atoms with Crippen LogP contribution in [0.4, 0.5) is 11.4 Å². The first-order valence-electron chi connectivity index (χ1n) is 10.3. The Labute approximate surface area is 175 Å². The largest absolute Gasteiger partial charge is 0.296 e. The first-order chi connectivity index (χ1) is 14.6. The van der Waals surface area contributed by atoms with E-state index in [-0.39, 0.29) is 5.91 Å². The number of fused-ring (bicyclic) bond motifs is 3. The number of nitrogens with zero attached hydrogens (tertiary/aromatic N) is 5. The zero-order chi connectivity index (χ0) is 20.9. The van der Waals surface area contributed by atoms with E-state index in [0.29, 0.717) is 18.7 Å². The van der Waals surface area contributed by atoms with Gasteiger partial charge in [0.05, 0.1) is 11.1 Å². The van der Waals surface area contributed by atoms with Gasteiger partial charge in [-0.15, -0.1) is 0 Å². The average Bonchev–Trinajstić information content (AvgIpc) is 3.25. The predicted octanol–water partition coefficient (Wildman–Crippen LogP) is 4.84. The van der Waals surface area contributed by atoms with Gasteiger partial charge in [0.2, 0.25) is 5.91 Å². The van der Waals surface area contributed by atoms with E-state index in [4.69, 9.17) is 4.98 Å². The second kappa shape index (κ2) is 6.76. The maximum atomic E-state index is 14.0. The van der Waals surface area contributed by atoms with Crippen LogP contribution < -0.4 is 4.90 Å². The highest BCUT2D eigenvalue weighted by atomic mass is 16.2. The van der Waals surface area contributed by atoms with Crippen molar-refractivity contribution in [1.82, 2.24) is 19.4 Å². The second-order valence-electron chi connectivity index (χ2n) is 7.72. The lowest BCUT2D eigenvalue weighted by molar-refractivity contribution is -0.122.